The van der Waals surface area contributed by atoms with Crippen molar-refractivity contribution in [2.24, 2.45) is 0 Å². The number of nitrogens with two attached hydrogens (primary N) is 1. The molecule has 0 saturated carbocycles. The van der Waals surface area contributed by atoms with Gasteiger partial charge in [-0.1, -0.05) is 6.92 Å². The molecule has 4 N–H and O–H groups in total. The normalized spacial score (nSPS) is 11.5. The SMILES string of the molecule is CCCNC(=O)c1sc(NCCC(F)(F)F)c(SC)c1N. The summed E-state index contributed by atoms with van der Waals surface area (Å²) in [4.78, 5) is 12.9. The Kier molecular flexibility index (Phi) is 6.66. The number of thioether (sulfide) groups is 1. The monoisotopic (exact) mass is 341 g/mol. The number of rotatable bonds is 7. The van der Waals surface area contributed by atoms with Crippen LogP contribution in [0.4, 0.5) is 23.9 Å². The van der Waals surface area contributed by atoms with Crippen LogP contribution in [0.2, 0.25) is 0 Å². The molecule has 0 aliphatic heterocycles. The molecule has 0 saturated heterocycles. The van der Waals surface area contributed by atoms with Gasteiger partial charge in [0.1, 0.15) is 9.88 Å². The zero-order valence-corrected chi connectivity index (χ0v) is 13.4. The van der Waals surface area contributed by atoms with Crippen molar-refractivity contribution in [3.05, 3.63) is 4.88 Å². The average molecular weight is 341 g/mol. The van der Waals surface area contributed by atoms with Crippen molar-refractivity contribution in [1.29, 1.82) is 0 Å². The van der Waals surface area contributed by atoms with E-state index in [1.807, 2.05) is 6.92 Å². The van der Waals surface area contributed by atoms with Gasteiger partial charge in [0.25, 0.3) is 5.91 Å². The molecule has 9 heteroatoms. The molecule has 21 heavy (non-hydrogen) atoms. The van der Waals surface area contributed by atoms with E-state index in [2.05, 4.69) is 10.6 Å². The van der Waals surface area contributed by atoms with Crippen LogP contribution in [0.3, 0.4) is 0 Å². The molecule has 1 aromatic heterocycles. The van der Waals surface area contributed by atoms with Gasteiger partial charge in [0, 0.05) is 13.1 Å². The number of nitrogen functional groups attached to an aromatic ring is 1. The largest absolute Gasteiger partial charge is 0.396 e. The first-order valence-electron chi connectivity index (χ1n) is 6.35. The van der Waals surface area contributed by atoms with Crippen molar-refractivity contribution >= 4 is 39.7 Å². The summed E-state index contributed by atoms with van der Waals surface area (Å²) in [7, 11) is 0. The van der Waals surface area contributed by atoms with E-state index >= 15 is 0 Å². The number of nitrogens with one attached hydrogen (secondary N) is 2. The fourth-order valence-corrected chi connectivity index (χ4v) is 3.53. The highest BCUT2D eigenvalue weighted by atomic mass is 32.2. The summed E-state index contributed by atoms with van der Waals surface area (Å²) in [5.41, 5.74) is 6.23. The second kappa shape index (κ2) is 7.79. The Labute approximate surface area is 129 Å². The number of thiophene rings is 1. The molecule has 0 bridgehead atoms. The second-order valence-electron chi connectivity index (χ2n) is 4.26. The van der Waals surface area contributed by atoms with Crippen molar-refractivity contribution in [1.82, 2.24) is 5.32 Å². The van der Waals surface area contributed by atoms with Crippen LogP contribution in [0, 0.1) is 0 Å². The lowest BCUT2D eigenvalue weighted by Crippen LogP contribution is -2.23. The number of carbonyl (C=O) groups excluding carboxylic acids is 1. The first-order chi connectivity index (χ1) is 9.80. The summed E-state index contributed by atoms with van der Waals surface area (Å²) < 4.78 is 36.5. The molecule has 1 rings (SSSR count). The van der Waals surface area contributed by atoms with Gasteiger partial charge in [0.15, 0.2) is 0 Å². The zero-order valence-electron chi connectivity index (χ0n) is 11.8. The van der Waals surface area contributed by atoms with Crippen LogP contribution in [0.5, 0.6) is 0 Å². The van der Waals surface area contributed by atoms with E-state index in [1.54, 1.807) is 6.26 Å². The molecule has 1 aromatic rings. The lowest BCUT2D eigenvalue weighted by atomic mass is 10.3. The minimum Gasteiger partial charge on any atom is -0.396 e. The third kappa shape index (κ3) is 5.31. The van der Waals surface area contributed by atoms with Gasteiger partial charge in [0.05, 0.1) is 17.0 Å². The number of alkyl halides is 3. The van der Waals surface area contributed by atoms with Crippen molar-refractivity contribution in [2.45, 2.75) is 30.8 Å². The van der Waals surface area contributed by atoms with E-state index in [9.17, 15) is 18.0 Å². The predicted octanol–water partition coefficient (Wildman–Crippen LogP) is 3.56. The number of carbonyl (C=O) groups is 1. The highest BCUT2D eigenvalue weighted by Gasteiger charge is 2.27. The van der Waals surface area contributed by atoms with Gasteiger partial charge in [-0.2, -0.15) is 13.2 Å². The summed E-state index contributed by atoms with van der Waals surface area (Å²) in [5, 5.41) is 5.92. The summed E-state index contributed by atoms with van der Waals surface area (Å²) in [6.07, 6.45) is -2.59. The Morgan fingerprint density at radius 3 is 2.57 bits per heavy atom. The van der Waals surface area contributed by atoms with Crippen LogP contribution in [-0.4, -0.2) is 31.4 Å². The fourth-order valence-electron chi connectivity index (χ4n) is 1.55. The Morgan fingerprint density at radius 1 is 1.38 bits per heavy atom. The predicted molar refractivity (Wildman–Crippen MR) is 82.3 cm³/mol. The van der Waals surface area contributed by atoms with Crippen LogP contribution in [0.15, 0.2) is 4.90 Å². The first-order valence-corrected chi connectivity index (χ1v) is 8.39. The molecule has 4 nitrogen and oxygen atoms in total. The summed E-state index contributed by atoms with van der Waals surface area (Å²) in [5.74, 6) is -0.293. The van der Waals surface area contributed by atoms with Crippen molar-refractivity contribution in [3.8, 4) is 0 Å². The van der Waals surface area contributed by atoms with Crippen molar-refractivity contribution in [3.63, 3.8) is 0 Å². The molecule has 120 valence electrons. The summed E-state index contributed by atoms with van der Waals surface area (Å²) >= 11 is 2.39. The molecule has 0 radical (unpaired) electrons. The van der Waals surface area contributed by atoms with Crippen LogP contribution in [0.1, 0.15) is 29.4 Å². The molecule has 0 aliphatic rings. The van der Waals surface area contributed by atoms with E-state index in [-0.39, 0.29) is 12.5 Å². The molecule has 1 heterocycles. The minimum absolute atomic E-state index is 0.243. The molecule has 0 aliphatic carbocycles. The maximum absolute atomic E-state index is 12.2. The maximum Gasteiger partial charge on any atom is 0.390 e. The number of halogens is 3. The Hall–Kier alpha value is -1.09. The molecule has 0 atom stereocenters. The lowest BCUT2D eigenvalue weighted by Gasteiger charge is -2.08. The van der Waals surface area contributed by atoms with Crippen molar-refractivity contribution < 1.29 is 18.0 Å². The van der Waals surface area contributed by atoms with Gasteiger partial charge >= 0.3 is 6.18 Å². The maximum atomic E-state index is 12.2. The number of hydrogen-bond donors (Lipinski definition) is 3. The van der Waals surface area contributed by atoms with Crippen LogP contribution < -0.4 is 16.4 Å². The standard InChI is InChI=1S/C12H18F3N3OS2/c1-3-5-17-10(19)8-7(16)9(20-2)11(21-8)18-6-4-12(13,14)15/h18H,3-6,16H2,1-2H3,(H,17,19). The molecular formula is C12H18F3N3OS2. The third-order valence-electron chi connectivity index (χ3n) is 2.54. The lowest BCUT2D eigenvalue weighted by molar-refractivity contribution is -0.131. The average Bonchev–Trinajstić information content (AvgIpc) is 2.71. The van der Waals surface area contributed by atoms with Gasteiger partial charge in [-0.3, -0.25) is 4.79 Å². The van der Waals surface area contributed by atoms with E-state index < -0.39 is 12.6 Å². The molecule has 0 fully saturated rings. The number of hydrogen-bond acceptors (Lipinski definition) is 5. The molecular weight excluding hydrogens is 323 g/mol. The van der Waals surface area contributed by atoms with Crippen LogP contribution in [0.25, 0.3) is 0 Å². The van der Waals surface area contributed by atoms with E-state index in [0.29, 0.717) is 27.0 Å². The van der Waals surface area contributed by atoms with Gasteiger partial charge in [0.2, 0.25) is 0 Å². The summed E-state index contributed by atoms with van der Waals surface area (Å²) in [6, 6.07) is 0. The fraction of sp³-hybridized carbons (Fsp3) is 0.583. The zero-order chi connectivity index (χ0) is 16.0. The Bertz CT molecular complexity index is 489. The third-order valence-corrected chi connectivity index (χ3v) is 4.66. The minimum atomic E-state index is -4.21. The highest BCUT2D eigenvalue weighted by molar-refractivity contribution is 7.99. The number of anilines is 2. The summed E-state index contributed by atoms with van der Waals surface area (Å²) in [6.45, 7) is 2.21. The van der Waals surface area contributed by atoms with Crippen molar-refractivity contribution in [2.75, 3.05) is 30.4 Å². The first kappa shape index (κ1) is 18.0. The van der Waals surface area contributed by atoms with Crippen LogP contribution in [-0.2, 0) is 0 Å². The molecule has 0 unspecified atom stereocenters. The molecule has 1 amide bonds. The van der Waals surface area contributed by atoms with E-state index in [4.69, 9.17) is 5.73 Å². The van der Waals surface area contributed by atoms with Gasteiger partial charge in [-0.15, -0.1) is 23.1 Å². The molecule has 0 aromatic carbocycles. The Morgan fingerprint density at radius 2 is 2.05 bits per heavy atom. The van der Waals surface area contributed by atoms with Gasteiger partial charge < -0.3 is 16.4 Å². The highest BCUT2D eigenvalue weighted by Crippen LogP contribution is 2.41. The van der Waals surface area contributed by atoms with E-state index in [0.717, 1.165) is 17.8 Å². The molecule has 0 spiro atoms. The topological polar surface area (TPSA) is 67.2 Å². The van der Waals surface area contributed by atoms with Gasteiger partial charge in [-0.25, -0.2) is 0 Å². The van der Waals surface area contributed by atoms with Gasteiger partial charge in [-0.05, 0) is 12.7 Å². The number of amides is 1. The second-order valence-corrected chi connectivity index (χ2v) is 6.09. The Balaban J connectivity index is 2.82. The van der Waals surface area contributed by atoms with E-state index in [1.165, 1.54) is 11.8 Å². The quantitative estimate of drug-likeness (QED) is 0.664. The smallest absolute Gasteiger partial charge is 0.390 e. The van der Waals surface area contributed by atoms with Crippen LogP contribution >= 0.6 is 23.1 Å².